The third-order valence-corrected chi connectivity index (χ3v) is 5.46. The van der Waals surface area contributed by atoms with E-state index in [0.29, 0.717) is 18.9 Å². The Bertz CT molecular complexity index is 1180. The Hall–Kier alpha value is -3.44. The fraction of sp³-hybridized carbons (Fsp3) is 0.167. The van der Waals surface area contributed by atoms with Crippen LogP contribution in [-0.4, -0.2) is 26.7 Å². The van der Waals surface area contributed by atoms with E-state index < -0.39 is 5.60 Å². The highest BCUT2D eigenvalue weighted by atomic mass is 16.5. The second-order valence-electron chi connectivity index (χ2n) is 7.12. The van der Waals surface area contributed by atoms with Crippen molar-refractivity contribution in [3.8, 4) is 11.1 Å². The van der Waals surface area contributed by atoms with Crippen LogP contribution >= 0.6 is 0 Å². The number of aromatic nitrogens is 3. The Balaban J connectivity index is 1.60. The van der Waals surface area contributed by atoms with Gasteiger partial charge in [0.25, 0.3) is 0 Å². The molecule has 5 nitrogen and oxygen atoms in total. The van der Waals surface area contributed by atoms with Gasteiger partial charge >= 0.3 is 0 Å². The smallest absolute Gasteiger partial charge is 0.212 e. The van der Waals surface area contributed by atoms with Gasteiger partial charge in [-0.2, -0.15) is 4.68 Å². The van der Waals surface area contributed by atoms with E-state index in [-0.39, 0.29) is 0 Å². The van der Waals surface area contributed by atoms with Crippen LogP contribution in [0.2, 0.25) is 0 Å². The minimum atomic E-state index is -1.12. The molecular weight excluding hydrogens is 362 g/mol. The zero-order valence-electron chi connectivity index (χ0n) is 16.1. The first-order chi connectivity index (χ1) is 14.2. The maximum Gasteiger partial charge on any atom is 0.212 e. The summed E-state index contributed by atoms with van der Waals surface area (Å²) >= 11 is 0. The number of para-hydroxylation sites is 1. The van der Waals surface area contributed by atoms with Crippen molar-refractivity contribution in [2.45, 2.75) is 18.9 Å². The number of nitrogens with zero attached hydrogens (tertiary/aromatic N) is 3. The van der Waals surface area contributed by atoms with Crippen LogP contribution in [0.4, 0.5) is 0 Å². The topological polar surface area (TPSA) is 60.2 Å². The van der Waals surface area contributed by atoms with E-state index in [1.54, 1.807) is 4.68 Å². The Morgan fingerprint density at radius 2 is 1.59 bits per heavy atom. The molecule has 29 heavy (non-hydrogen) atoms. The Kier molecular flexibility index (Phi) is 4.18. The molecule has 1 aliphatic rings. The zero-order valence-corrected chi connectivity index (χ0v) is 16.1. The summed E-state index contributed by atoms with van der Waals surface area (Å²) in [6.45, 7) is 2.42. The first-order valence-electron chi connectivity index (χ1n) is 9.78. The fourth-order valence-electron chi connectivity index (χ4n) is 4.14. The van der Waals surface area contributed by atoms with Gasteiger partial charge in [0, 0.05) is 6.42 Å². The Labute approximate surface area is 168 Å². The van der Waals surface area contributed by atoms with Crippen molar-refractivity contribution in [1.82, 2.24) is 15.0 Å². The molecule has 0 radical (unpaired) electrons. The molecule has 0 spiro atoms. The van der Waals surface area contributed by atoms with Gasteiger partial charge < -0.3 is 9.84 Å². The average molecular weight is 383 g/mol. The maximum absolute atomic E-state index is 11.8. The van der Waals surface area contributed by atoms with Crippen LogP contribution < -0.4 is 0 Å². The molecule has 0 fully saturated rings. The van der Waals surface area contributed by atoms with Crippen molar-refractivity contribution in [3.63, 3.8) is 0 Å². The summed E-state index contributed by atoms with van der Waals surface area (Å²) in [7, 11) is 0. The summed E-state index contributed by atoms with van der Waals surface area (Å²) in [5, 5.41) is 20.3. The van der Waals surface area contributed by atoms with Crippen LogP contribution in [-0.2, 0) is 10.3 Å². The molecule has 0 saturated heterocycles. The molecule has 0 bridgehead atoms. The largest absolute Gasteiger partial charge is 0.478 e. The number of aliphatic hydroxyl groups is 1. The molecule has 1 heterocycles. The lowest BCUT2D eigenvalue weighted by molar-refractivity contribution is 0.0882. The first-order valence-corrected chi connectivity index (χ1v) is 9.78. The standard InChI is InChI=1S/C24H21N3O2/c1-2-29-23(27-22-14-8-7-13-21(22)25-26-27)15-16-24(28)19-11-5-3-9-17(19)18-10-4-6-12-20(18)24/h3-15,28H,2,16H2,1H3. The van der Waals surface area contributed by atoms with E-state index >= 15 is 0 Å². The molecular formula is C24H21N3O2. The predicted octanol–water partition coefficient (Wildman–Crippen LogP) is 4.57. The third-order valence-electron chi connectivity index (χ3n) is 5.46. The number of rotatable bonds is 5. The van der Waals surface area contributed by atoms with E-state index in [1.165, 1.54) is 0 Å². The molecule has 0 aliphatic heterocycles. The fourth-order valence-corrected chi connectivity index (χ4v) is 4.14. The van der Waals surface area contributed by atoms with Crippen LogP contribution in [0.15, 0.2) is 78.9 Å². The van der Waals surface area contributed by atoms with Gasteiger partial charge in [0.15, 0.2) is 0 Å². The van der Waals surface area contributed by atoms with E-state index in [9.17, 15) is 5.11 Å². The minimum absolute atomic E-state index is 0.366. The van der Waals surface area contributed by atoms with Gasteiger partial charge in [0.2, 0.25) is 5.88 Å². The van der Waals surface area contributed by atoms with Gasteiger partial charge in [-0.15, -0.1) is 5.10 Å². The summed E-state index contributed by atoms with van der Waals surface area (Å²) in [6.07, 6.45) is 2.27. The quantitative estimate of drug-likeness (QED) is 0.513. The second kappa shape index (κ2) is 6.87. The highest BCUT2D eigenvalue weighted by Gasteiger charge is 2.40. The van der Waals surface area contributed by atoms with Crippen molar-refractivity contribution in [1.29, 1.82) is 0 Å². The number of hydrogen-bond acceptors (Lipinski definition) is 4. The van der Waals surface area contributed by atoms with Gasteiger partial charge in [0.1, 0.15) is 11.1 Å². The lowest BCUT2D eigenvalue weighted by atomic mass is 9.88. The molecule has 0 amide bonds. The summed E-state index contributed by atoms with van der Waals surface area (Å²) in [5.41, 5.74) is 4.52. The molecule has 0 saturated carbocycles. The van der Waals surface area contributed by atoms with Crippen LogP contribution in [0.1, 0.15) is 24.5 Å². The van der Waals surface area contributed by atoms with Crippen LogP contribution in [0.5, 0.6) is 0 Å². The molecule has 4 aromatic rings. The van der Waals surface area contributed by atoms with Crippen LogP contribution in [0, 0.1) is 0 Å². The van der Waals surface area contributed by atoms with Gasteiger partial charge in [-0.05, 0) is 47.4 Å². The van der Waals surface area contributed by atoms with E-state index in [1.807, 2.05) is 73.7 Å². The lowest BCUT2D eigenvalue weighted by Gasteiger charge is -2.25. The summed E-state index contributed by atoms with van der Waals surface area (Å²) < 4.78 is 7.58. The second-order valence-corrected chi connectivity index (χ2v) is 7.12. The molecule has 1 N–H and O–H groups in total. The molecule has 0 atom stereocenters. The molecule has 0 unspecified atom stereocenters. The summed E-state index contributed by atoms with van der Waals surface area (Å²) in [4.78, 5) is 0. The Morgan fingerprint density at radius 1 is 0.966 bits per heavy atom. The first kappa shape index (κ1) is 17.6. The number of fused-ring (bicyclic) bond motifs is 4. The Morgan fingerprint density at radius 3 is 2.28 bits per heavy atom. The van der Waals surface area contributed by atoms with Crippen molar-refractivity contribution in [3.05, 3.63) is 90.0 Å². The summed E-state index contributed by atoms with van der Waals surface area (Å²) in [6, 6.07) is 23.8. The van der Waals surface area contributed by atoms with Crippen LogP contribution in [0.25, 0.3) is 28.0 Å². The van der Waals surface area contributed by atoms with Crippen molar-refractivity contribution >= 4 is 16.9 Å². The van der Waals surface area contributed by atoms with Crippen LogP contribution in [0.3, 0.4) is 0 Å². The summed E-state index contributed by atoms with van der Waals surface area (Å²) in [5.74, 6) is 0.566. The van der Waals surface area contributed by atoms with Crippen molar-refractivity contribution in [2.75, 3.05) is 6.61 Å². The highest BCUT2D eigenvalue weighted by Crippen LogP contribution is 2.49. The highest BCUT2D eigenvalue weighted by molar-refractivity contribution is 5.80. The molecule has 1 aromatic heterocycles. The number of hydrogen-bond donors (Lipinski definition) is 1. The zero-order chi connectivity index (χ0) is 19.8. The SMILES string of the molecule is CCOC(=CCC1(O)c2ccccc2-c2ccccc21)n1nnc2ccccc21. The molecule has 5 heteroatoms. The number of benzene rings is 3. The van der Waals surface area contributed by atoms with Gasteiger partial charge in [-0.3, -0.25) is 0 Å². The van der Waals surface area contributed by atoms with Gasteiger partial charge in [-0.25, -0.2) is 0 Å². The van der Waals surface area contributed by atoms with Crippen molar-refractivity contribution in [2.24, 2.45) is 0 Å². The molecule has 144 valence electrons. The average Bonchev–Trinajstić information content (AvgIpc) is 3.30. The van der Waals surface area contributed by atoms with Crippen molar-refractivity contribution < 1.29 is 9.84 Å². The molecule has 1 aliphatic carbocycles. The van der Waals surface area contributed by atoms with Gasteiger partial charge in [-0.1, -0.05) is 65.9 Å². The van der Waals surface area contributed by atoms with E-state index in [0.717, 1.165) is 33.3 Å². The minimum Gasteiger partial charge on any atom is -0.478 e. The lowest BCUT2D eigenvalue weighted by Crippen LogP contribution is -2.24. The monoisotopic (exact) mass is 383 g/mol. The maximum atomic E-state index is 11.8. The third kappa shape index (κ3) is 2.74. The normalized spacial score (nSPS) is 14.6. The van der Waals surface area contributed by atoms with E-state index in [2.05, 4.69) is 22.4 Å². The predicted molar refractivity (Wildman–Crippen MR) is 113 cm³/mol. The molecule has 3 aromatic carbocycles. The van der Waals surface area contributed by atoms with E-state index in [4.69, 9.17) is 4.74 Å². The van der Waals surface area contributed by atoms with Gasteiger partial charge in [0.05, 0.1) is 12.1 Å². The number of ether oxygens (including phenoxy) is 1. The molecule has 5 rings (SSSR count).